The van der Waals surface area contributed by atoms with Crippen LogP contribution in [0.3, 0.4) is 0 Å². The monoisotopic (exact) mass is 477 g/mol. The second-order valence-corrected chi connectivity index (χ2v) is 9.83. The molecule has 1 saturated heterocycles. The summed E-state index contributed by atoms with van der Waals surface area (Å²) in [5.74, 6) is -1.03. The van der Waals surface area contributed by atoms with Crippen molar-refractivity contribution < 1.29 is 14.0 Å². The summed E-state index contributed by atoms with van der Waals surface area (Å²) in [6.07, 6.45) is 3.76. The van der Waals surface area contributed by atoms with Crippen LogP contribution in [-0.2, 0) is 4.79 Å². The Labute approximate surface area is 198 Å². The molecule has 33 heavy (non-hydrogen) atoms. The zero-order chi connectivity index (χ0) is 22.8. The number of thiophene rings is 1. The molecule has 5 rings (SSSR count). The Morgan fingerprint density at radius 1 is 1.06 bits per heavy atom. The molecule has 1 aliphatic rings. The van der Waals surface area contributed by atoms with E-state index in [4.69, 9.17) is 0 Å². The quantitative estimate of drug-likeness (QED) is 0.274. The van der Waals surface area contributed by atoms with Crippen LogP contribution in [-0.4, -0.2) is 38.5 Å². The van der Waals surface area contributed by atoms with E-state index in [0.29, 0.717) is 18.5 Å². The number of hydrogen-bond acceptors (Lipinski definition) is 6. The molecule has 8 heteroatoms. The van der Waals surface area contributed by atoms with E-state index in [1.54, 1.807) is 11.3 Å². The molecule has 1 aliphatic heterocycles. The lowest BCUT2D eigenvalue weighted by Gasteiger charge is -2.22. The van der Waals surface area contributed by atoms with Crippen LogP contribution in [0.4, 0.5) is 4.39 Å². The topological polar surface area (TPSA) is 63.2 Å². The molecule has 0 aliphatic carbocycles. The van der Waals surface area contributed by atoms with E-state index in [2.05, 4.69) is 15.3 Å². The van der Waals surface area contributed by atoms with Crippen LogP contribution in [0.15, 0.2) is 71.3 Å². The molecule has 5 nitrogen and oxygen atoms in total. The van der Waals surface area contributed by atoms with Gasteiger partial charge < -0.3 is 0 Å². The summed E-state index contributed by atoms with van der Waals surface area (Å²) in [6.45, 7) is 0.360. The van der Waals surface area contributed by atoms with Gasteiger partial charge in [-0.25, -0.2) is 14.4 Å². The lowest BCUT2D eigenvalue weighted by molar-refractivity contribution is -0.127. The van der Waals surface area contributed by atoms with Crippen LogP contribution in [0, 0.1) is 5.82 Å². The second kappa shape index (κ2) is 9.41. The van der Waals surface area contributed by atoms with E-state index in [0.717, 1.165) is 39.2 Å². The van der Waals surface area contributed by atoms with Gasteiger partial charge in [0.15, 0.2) is 0 Å². The first-order valence-corrected chi connectivity index (χ1v) is 12.4. The Balaban J connectivity index is 1.46. The summed E-state index contributed by atoms with van der Waals surface area (Å²) < 4.78 is 13.3. The van der Waals surface area contributed by atoms with E-state index in [1.807, 2.05) is 30.3 Å². The molecule has 1 atom stereocenters. The van der Waals surface area contributed by atoms with Gasteiger partial charge in [-0.05, 0) is 42.7 Å². The number of fused-ring (bicyclic) bond motifs is 1. The zero-order valence-electron chi connectivity index (χ0n) is 17.6. The van der Waals surface area contributed by atoms with Crippen LogP contribution in [0.1, 0.15) is 29.6 Å². The number of hydrogen-bond donors (Lipinski definition) is 0. The summed E-state index contributed by atoms with van der Waals surface area (Å²) in [5.41, 5.74) is 2.42. The zero-order valence-corrected chi connectivity index (χ0v) is 19.2. The van der Waals surface area contributed by atoms with Gasteiger partial charge in [-0.2, -0.15) is 0 Å². The fraction of sp³-hybridized carbons (Fsp3) is 0.200. The number of aromatic nitrogens is 2. The van der Waals surface area contributed by atoms with Gasteiger partial charge in [0.1, 0.15) is 22.0 Å². The predicted molar refractivity (Wildman–Crippen MR) is 129 cm³/mol. The fourth-order valence-corrected chi connectivity index (χ4v) is 6.16. The number of benzene rings is 2. The Morgan fingerprint density at radius 3 is 2.64 bits per heavy atom. The normalized spacial score (nSPS) is 16.7. The van der Waals surface area contributed by atoms with Crippen molar-refractivity contribution in [1.82, 2.24) is 14.9 Å². The molecule has 1 fully saturated rings. The maximum atomic E-state index is 13.4. The molecule has 0 unspecified atom stereocenters. The SMILES string of the molecule is O=C(c1ccc(F)cc1)N1CCCC[C@@H](Sc2ncnc3scc(-c4ccccc4)c23)C1=O. The molecule has 0 bridgehead atoms. The molecule has 2 aromatic carbocycles. The highest BCUT2D eigenvalue weighted by atomic mass is 32.2. The maximum absolute atomic E-state index is 13.4. The largest absolute Gasteiger partial charge is 0.278 e. The van der Waals surface area contributed by atoms with E-state index < -0.39 is 11.1 Å². The first-order chi connectivity index (χ1) is 16.1. The summed E-state index contributed by atoms with van der Waals surface area (Å²) >= 11 is 2.95. The number of nitrogens with zero attached hydrogens (tertiary/aromatic N) is 3. The predicted octanol–water partition coefficient (Wildman–Crippen LogP) is 5.81. The van der Waals surface area contributed by atoms with E-state index in [-0.39, 0.29) is 11.8 Å². The number of carbonyl (C=O) groups is 2. The Hall–Kier alpha value is -3.10. The highest BCUT2D eigenvalue weighted by Gasteiger charge is 2.33. The van der Waals surface area contributed by atoms with Crippen molar-refractivity contribution in [2.24, 2.45) is 0 Å². The van der Waals surface area contributed by atoms with Crippen molar-refractivity contribution in [3.63, 3.8) is 0 Å². The molecule has 2 amide bonds. The number of amides is 2. The highest BCUT2D eigenvalue weighted by molar-refractivity contribution is 8.00. The summed E-state index contributed by atoms with van der Waals surface area (Å²) in [5, 5.41) is 3.32. The van der Waals surface area contributed by atoms with Gasteiger partial charge in [0.05, 0.1) is 10.6 Å². The van der Waals surface area contributed by atoms with Crippen LogP contribution < -0.4 is 0 Å². The molecular weight excluding hydrogens is 457 g/mol. The molecule has 0 saturated carbocycles. The third-order valence-electron chi connectivity index (χ3n) is 5.65. The number of carbonyl (C=O) groups excluding carboxylic acids is 2. The molecule has 3 heterocycles. The molecule has 0 radical (unpaired) electrons. The average molecular weight is 478 g/mol. The van der Waals surface area contributed by atoms with E-state index >= 15 is 0 Å². The molecule has 4 aromatic rings. The van der Waals surface area contributed by atoms with Crippen molar-refractivity contribution in [1.29, 1.82) is 0 Å². The smallest absolute Gasteiger partial charge is 0.260 e. The van der Waals surface area contributed by atoms with Gasteiger partial charge >= 0.3 is 0 Å². The highest BCUT2D eigenvalue weighted by Crippen LogP contribution is 2.40. The number of rotatable bonds is 4. The number of likely N-dealkylation sites (tertiary alicyclic amines) is 1. The minimum Gasteiger partial charge on any atom is -0.278 e. The van der Waals surface area contributed by atoms with E-state index in [9.17, 15) is 14.0 Å². The molecule has 166 valence electrons. The minimum atomic E-state index is -0.432. The second-order valence-electron chi connectivity index (χ2n) is 7.78. The summed E-state index contributed by atoms with van der Waals surface area (Å²) in [7, 11) is 0. The maximum Gasteiger partial charge on any atom is 0.260 e. The minimum absolute atomic E-state index is 0.227. The van der Waals surface area contributed by atoms with Crippen LogP contribution in [0.25, 0.3) is 21.3 Å². The van der Waals surface area contributed by atoms with Crippen molar-refractivity contribution in [2.75, 3.05) is 6.54 Å². The molecule has 2 aromatic heterocycles. The number of halogens is 1. The number of imide groups is 1. The van der Waals surface area contributed by atoms with Gasteiger partial charge in [0, 0.05) is 23.1 Å². The Morgan fingerprint density at radius 2 is 1.85 bits per heavy atom. The molecule has 0 spiro atoms. The Kier molecular flexibility index (Phi) is 6.20. The third-order valence-corrected chi connectivity index (χ3v) is 7.79. The summed E-state index contributed by atoms with van der Waals surface area (Å²) in [4.78, 5) is 37.6. The summed E-state index contributed by atoms with van der Waals surface area (Å²) in [6, 6.07) is 15.4. The molecule has 0 N–H and O–H groups in total. The van der Waals surface area contributed by atoms with Gasteiger partial charge in [0.25, 0.3) is 5.91 Å². The first kappa shape index (κ1) is 21.7. The third kappa shape index (κ3) is 4.41. The van der Waals surface area contributed by atoms with Crippen molar-refractivity contribution in [2.45, 2.75) is 29.5 Å². The van der Waals surface area contributed by atoms with Gasteiger partial charge in [-0.1, -0.05) is 48.5 Å². The van der Waals surface area contributed by atoms with Crippen molar-refractivity contribution in [3.05, 3.63) is 77.7 Å². The van der Waals surface area contributed by atoms with Crippen molar-refractivity contribution >= 4 is 45.1 Å². The van der Waals surface area contributed by atoms with Crippen molar-refractivity contribution in [3.8, 4) is 11.1 Å². The van der Waals surface area contributed by atoms with Crippen LogP contribution in [0.5, 0.6) is 0 Å². The lowest BCUT2D eigenvalue weighted by Crippen LogP contribution is -2.41. The molecular formula is C25H20FN3O2S2. The van der Waals surface area contributed by atoms with E-state index in [1.165, 1.54) is 47.3 Å². The first-order valence-electron chi connectivity index (χ1n) is 10.7. The van der Waals surface area contributed by atoms with Gasteiger partial charge in [-0.15, -0.1) is 11.3 Å². The lowest BCUT2D eigenvalue weighted by atomic mass is 10.1. The standard InChI is InChI=1S/C25H20FN3O2S2/c26-18-11-9-17(10-12-18)24(30)29-13-5-4-8-20(25(29)31)33-23-21-19(16-6-2-1-3-7-16)14-32-22(21)27-15-28-23/h1-3,6-7,9-12,14-15,20H,4-5,8,13H2/t20-/m1/s1. The van der Waals surface area contributed by atoms with Crippen LogP contribution >= 0.6 is 23.1 Å². The fourth-order valence-electron chi connectivity index (χ4n) is 3.97. The van der Waals surface area contributed by atoms with Crippen LogP contribution in [0.2, 0.25) is 0 Å². The van der Waals surface area contributed by atoms with Gasteiger partial charge in [-0.3, -0.25) is 14.5 Å². The number of thioether (sulfide) groups is 1. The van der Waals surface area contributed by atoms with Gasteiger partial charge in [0.2, 0.25) is 5.91 Å². The Bertz CT molecular complexity index is 1310. The average Bonchev–Trinajstić information content (AvgIpc) is 3.20.